The number of ether oxygens (including phenoxy) is 4. The van der Waals surface area contributed by atoms with E-state index < -0.39 is 5.97 Å². The molecule has 0 saturated carbocycles. The number of carboxylic acids is 1. The van der Waals surface area contributed by atoms with E-state index in [0.717, 1.165) is 0 Å². The highest BCUT2D eigenvalue weighted by Crippen LogP contribution is 2.19. The molecular weight excluding hydrogens is 346 g/mol. The van der Waals surface area contributed by atoms with Crippen LogP contribution >= 0.6 is 15.9 Å². The number of aromatic nitrogens is 1. The van der Waals surface area contributed by atoms with Crippen molar-refractivity contribution in [1.82, 2.24) is 4.98 Å². The molecule has 0 amide bonds. The van der Waals surface area contributed by atoms with Crippen LogP contribution in [0.5, 0.6) is 5.88 Å². The Balaban J connectivity index is 2.20. The fourth-order valence-corrected chi connectivity index (χ4v) is 1.69. The van der Waals surface area contributed by atoms with Crippen LogP contribution in [0.3, 0.4) is 0 Å². The first-order chi connectivity index (χ1) is 10.1. The van der Waals surface area contributed by atoms with Crippen molar-refractivity contribution in [2.75, 3.05) is 46.8 Å². The smallest absolute Gasteiger partial charge is 0.341 e. The summed E-state index contributed by atoms with van der Waals surface area (Å²) in [6, 6.07) is 1.44. The van der Waals surface area contributed by atoms with Crippen LogP contribution in [0.4, 0.5) is 0 Å². The number of carbonyl (C=O) groups is 1. The third-order valence-electron chi connectivity index (χ3n) is 2.32. The summed E-state index contributed by atoms with van der Waals surface area (Å²) in [7, 11) is 1.61. The van der Waals surface area contributed by atoms with Crippen LogP contribution in [0.1, 0.15) is 10.4 Å². The van der Waals surface area contributed by atoms with Gasteiger partial charge in [0.25, 0.3) is 0 Å². The van der Waals surface area contributed by atoms with Gasteiger partial charge in [0, 0.05) is 17.8 Å². The topological polar surface area (TPSA) is 87.1 Å². The summed E-state index contributed by atoms with van der Waals surface area (Å²) in [5.74, 6) is -1.02. The molecule has 0 aliphatic heterocycles. The molecule has 7 nitrogen and oxygen atoms in total. The Morgan fingerprint density at radius 3 is 2.43 bits per heavy atom. The molecule has 0 aromatic carbocycles. The Hall–Kier alpha value is -1.22. The van der Waals surface area contributed by atoms with Crippen LogP contribution in [0.2, 0.25) is 0 Å². The van der Waals surface area contributed by atoms with Gasteiger partial charge in [-0.25, -0.2) is 9.78 Å². The second-order valence-corrected chi connectivity index (χ2v) is 4.79. The lowest BCUT2D eigenvalue weighted by molar-refractivity contribution is 0.0175. The maximum absolute atomic E-state index is 11.0. The second kappa shape index (κ2) is 10.5. The van der Waals surface area contributed by atoms with Gasteiger partial charge in [-0.15, -0.1) is 0 Å². The molecule has 0 radical (unpaired) electrons. The Morgan fingerprint density at radius 1 is 1.19 bits per heavy atom. The molecule has 1 aromatic heterocycles. The molecule has 0 bridgehead atoms. The van der Waals surface area contributed by atoms with Crippen molar-refractivity contribution in [3.8, 4) is 5.88 Å². The minimum Gasteiger partial charge on any atom is -0.477 e. The van der Waals surface area contributed by atoms with Gasteiger partial charge < -0.3 is 24.1 Å². The van der Waals surface area contributed by atoms with Crippen LogP contribution in [0.25, 0.3) is 0 Å². The molecule has 118 valence electrons. The highest BCUT2D eigenvalue weighted by Gasteiger charge is 2.13. The normalized spacial score (nSPS) is 10.6. The number of aromatic carboxylic acids is 1. The quantitative estimate of drug-likeness (QED) is 0.597. The van der Waals surface area contributed by atoms with E-state index >= 15 is 0 Å². The predicted octanol–water partition coefficient (Wildman–Crippen LogP) is 1.60. The first-order valence-corrected chi connectivity index (χ1v) is 7.10. The standard InChI is InChI=1S/C13H18BrNO6/c1-18-2-3-19-4-5-20-6-7-21-12-11(13(16)17)8-10(14)9-15-12/h8-9H,2-7H2,1H3,(H,16,17). The first-order valence-electron chi connectivity index (χ1n) is 6.31. The largest absolute Gasteiger partial charge is 0.477 e. The number of hydrogen-bond donors (Lipinski definition) is 1. The fraction of sp³-hybridized carbons (Fsp3) is 0.538. The maximum Gasteiger partial charge on any atom is 0.341 e. The Morgan fingerprint density at radius 2 is 1.81 bits per heavy atom. The van der Waals surface area contributed by atoms with Gasteiger partial charge in [-0.1, -0.05) is 0 Å². The zero-order valence-electron chi connectivity index (χ0n) is 11.7. The lowest BCUT2D eigenvalue weighted by Gasteiger charge is -2.09. The lowest BCUT2D eigenvalue weighted by Crippen LogP contribution is -2.14. The summed E-state index contributed by atoms with van der Waals surface area (Å²) in [5, 5.41) is 9.03. The molecule has 1 N–H and O–H groups in total. The summed E-state index contributed by atoms with van der Waals surface area (Å²) in [4.78, 5) is 15.0. The van der Waals surface area contributed by atoms with Crippen molar-refractivity contribution in [1.29, 1.82) is 0 Å². The highest BCUT2D eigenvalue weighted by atomic mass is 79.9. The van der Waals surface area contributed by atoms with Gasteiger partial charge in [0.2, 0.25) is 5.88 Å². The van der Waals surface area contributed by atoms with Crippen molar-refractivity contribution in [2.45, 2.75) is 0 Å². The van der Waals surface area contributed by atoms with Crippen LogP contribution in [0.15, 0.2) is 16.7 Å². The van der Waals surface area contributed by atoms with Crippen molar-refractivity contribution < 1.29 is 28.8 Å². The van der Waals surface area contributed by atoms with Crippen LogP contribution < -0.4 is 4.74 Å². The summed E-state index contributed by atoms with van der Waals surface area (Å²) < 4.78 is 21.2. The van der Waals surface area contributed by atoms with E-state index in [1.54, 1.807) is 7.11 Å². The van der Waals surface area contributed by atoms with Gasteiger partial charge in [-0.2, -0.15) is 0 Å². The number of nitrogens with zero attached hydrogens (tertiary/aromatic N) is 1. The van der Waals surface area contributed by atoms with Gasteiger partial charge in [-0.3, -0.25) is 0 Å². The number of pyridine rings is 1. The molecule has 1 aromatic rings. The minimum atomic E-state index is -1.09. The van der Waals surface area contributed by atoms with Crippen molar-refractivity contribution in [3.63, 3.8) is 0 Å². The molecule has 1 heterocycles. The molecule has 8 heteroatoms. The summed E-state index contributed by atoms with van der Waals surface area (Å²) >= 11 is 3.16. The van der Waals surface area contributed by atoms with Gasteiger partial charge in [0.05, 0.1) is 33.0 Å². The Labute approximate surface area is 131 Å². The zero-order valence-corrected chi connectivity index (χ0v) is 13.3. The lowest BCUT2D eigenvalue weighted by atomic mass is 10.3. The number of halogens is 1. The molecule has 1 rings (SSSR count). The fourth-order valence-electron chi connectivity index (χ4n) is 1.36. The summed E-state index contributed by atoms with van der Waals surface area (Å²) in [6.45, 7) is 2.53. The minimum absolute atomic E-state index is 0.00674. The molecule has 0 atom stereocenters. The second-order valence-electron chi connectivity index (χ2n) is 3.88. The monoisotopic (exact) mass is 363 g/mol. The van der Waals surface area contributed by atoms with E-state index in [2.05, 4.69) is 20.9 Å². The molecule has 0 saturated heterocycles. The number of hydrogen-bond acceptors (Lipinski definition) is 6. The summed E-state index contributed by atoms with van der Waals surface area (Å²) in [5.41, 5.74) is 0.00674. The van der Waals surface area contributed by atoms with Gasteiger partial charge in [0.1, 0.15) is 12.2 Å². The number of methoxy groups -OCH3 is 1. The van der Waals surface area contributed by atoms with Crippen LogP contribution in [-0.4, -0.2) is 62.8 Å². The summed E-state index contributed by atoms with van der Waals surface area (Å²) in [6.07, 6.45) is 1.48. The number of rotatable bonds is 11. The van der Waals surface area contributed by atoms with Gasteiger partial charge in [-0.05, 0) is 22.0 Å². The molecule has 0 fully saturated rings. The third kappa shape index (κ3) is 7.37. The molecule has 0 aliphatic carbocycles. The molecule has 21 heavy (non-hydrogen) atoms. The molecule has 0 spiro atoms. The average molecular weight is 364 g/mol. The first kappa shape index (κ1) is 17.8. The van der Waals surface area contributed by atoms with Crippen LogP contribution in [-0.2, 0) is 14.2 Å². The predicted molar refractivity (Wildman–Crippen MR) is 77.9 cm³/mol. The van der Waals surface area contributed by atoms with E-state index in [9.17, 15) is 4.79 Å². The van der Waals surface area contributed by atoms with E-state index in [-0.39, 0.29) is 18.1 Å². The molecular formula is C13H18BrNO6. The molecule has 0 unspecified atom stereocenters. The van der Waals surface area contributed by atoms with Crippen LogP contribution in [0, 0.1) is 0 Å². The third-order valence-corrected chi connectivity index (χ3v) is 2.75. The van der Waals surface area contributed by atoms with E-state index in [4.69, 9.17) is 24.1 Å². The van der Waals surface area contributed by atoms with Crippen molar-refractivity contribution in [2.24, 2.45) is 0 Å². The van der Waals surface area contributed by atoms with Gasteiger partial charge >= 0.3 is 5.97 Å². The SMILES string of the molecule is COCCOCCOCCOc1ncc(Br)cc1C(=O)O. The van der Waals surface area contributed by atoms with Gasteiger partial charge in [0.15, 0.2) is 0 Å². The van der Waals surface area contributed by atoms with Crippen molar-refractivity contribution in [3.05, 3.63) is 22.3 Å². The molecule has 0 aliphatic rings. The van der Waals surface area contributed by atoms with E-state index in [0.29, 0.717) is 37.5 Å². The van der Waals surface area contributed by atoms with E-state index in [1.165, 1.54) is 12.3 Å². The number of carboxylic acid groups (broad SMARTS) is 1. The Bertz CT molecular complexity index is 443. The maximum atomic E-state index is 11.0. The highest BCUT2D eigenvalue weighted by molar-refractivity contribution is 9.10. The average Bonchev–Trinajstić information content (AvgIpc) is 2.46. The zero-order chi connectivity index (χ0) is 15.5. The Kier molecular flexibility index (Phi) is 8.91. The van der Waals surface area contributed by atoms with E-state index in [1.807, 2.05) is 0 Å². The van der Waals surface area contributed by atoms with Crippen molar-refractivity contribution >= 4 is 21.9 Å².